The lowest BCUT2D eigenvalue weighted by molar-refractivity contribution is -0.127. The van der Waals surface area contributed by atoms with Crippen molar-refractivity contribution in [2.45, 2.75) is 33.4 Å². The molecular weight excluding hydrogens is 381 g/mol. The number of aryl methyl sites for hydroxylation is 2. The highest BCUT2D eigenvalue weighted by Crippen LogP contribution is 2.21. The fourth-order valence-electron chi connectivity index (χ4n) is 2.78. The molecule has 0 saturated carbocycles. The van der Waals surface area contributed by atoms with Gasteiger partial charge >= 0.3 is 0 Å². The molecule has 0 bridgehead atoms. The van der Waals surface area contributed by atoms with E-state index in [2.05, 4.69) is 10.6 Å². The van der Waals surface area contributed by atoms with Gasteiger partial charge in [-0.2, -0.15) is 0 Å². The molecule has 0 aromatic heterocycles. The highest BCUT2D eigenvalue weighted by Gasteiger charge is 2.21. The first-order valence-electron chi connectivity index (χ1n) is 8.97. The van der Waals surface area contributed by atoms with Crippen LogP contribution >= 0.6 is 11.6 Å². The van der Waals surface area contributed by atoms with Crippen LogP contribution in [0.4, 0.5) is 10.1 Å². The molecule has 0 aliphatic rings. The summed E-state index contributed by atoms with van der Waals surface area (Å²) in [5, 5.41) is 5.75. The van der Waals surface area contributed by atoms with Crippen molar-refractivity contribution in [3.05, 3.63) is 63.9 Å². The molecule has 7 heteroatoms. The number of benzene rings is 2. The molecule has 0 radical (unpaired) electrons. The van der Waals surface area contributed by atoms with Gasteiger partial charge in [0.05, 0.1) is 12.6 Å². The summed E-state index contributed by atoms with van der Waals surface area (Å²) in [6.07, 6.45) is 0. The van der Waals surface area contributed by atoms with Crippen molar-refractivity contribution < 1.29 is 14.0 Å². The van der Waals surface area contributed by atoms with Crippen molar-refractivity contribution in [3.8, 4) is 0 Å². The maximum atomic E-state index is 13.9. The van der Waals surface area contributed by atoms with Gasteiger partial charge in [-0.25, -0.2) is 4.39 Å². The summed E-state index contributed by atoms with van der Waals surface area (Å²) < 4.78 is 13.9. The second-order valence-electron chi connectivity index (χ2n) is 6.82. The number of nitrogens with zero attached hydrogens (tertiary/aromatic N) is 1. The highest BCUT2D eigenvalue weighted by atomic mass is 35.5. The van der Waals surface area contributed by atoms with E-state index < -0.39 is 11.9 Å². The zero-order chi connectivity index (χ0) is 20.8. The minimum atomic E-state index is -0.566. The zero-order valence-corrected chi connectivity index (χ0v) is 17.2. The largest absolute Gasteiger partial charge is 0.346 e. The Bertz CT molecular complexity index is 832. The molecule has 2 amide bonds. The van der Waals surface area contributed by atoms with Gasteiger partial charge in [-0.3, -0.25) is 14.5 Å². The maximum absolute atomic E-state index is 13.9. The van der Waals surface area contributed by atoms with E-state index in [0.29, 0.717) is 10.6 Å². The molecule has 2 aromatic carbocycles. The predicted octanol–water partition coefficient (Wildman–Crippen LogP) is 3.67. The van der Waals surface area contributed by atoms with Crippen molar-refractivity contribution in [3.63, 3.8) is 0 Å². The molecule has 0 spiro atoms. The molecule has 0 aliphatic heterocycles. The average molecular weight is 406 g/mol. The molecule has 150 valence electrons. The summed E-state index contributed by atoms with van der Waals surface area (Å²) >= 11 is 6.04. The Balaban J connectivity index is 1.90. The number of para-hydroxylation sites is 1. The Morgan fingerprint density at radius 3 is 2.36 bits per heavy atom. The number of amides is 2. The summed E-state index contributed by atoms with van der Waals surface area (Å²) in [5.74, 6) is -1.05. The fourth-order valence-corrected chi connectivity index (χ4v) is 3.00. The van der Waals surface area contributed by atoms with Crippen molar-refractivity contribution in [2.24, 2.45) is 0 Å². The van der Waals surface area contributed by atoms with Crippen molar-refractivity contribution in [1.29, 1.82) is 0 Å². The molecule has 2 N–H and O–H groups in total. The number of carbonyl (C=O) groups excluding carboxylic acids is 2. The quantitative estimate of drug-likeness (QED) is 0.738. The van der Waals surface area contributed by atoms with E-state index in [0.717, 1.165) is 16.8 Å². The molecule has 0 saturated heterocycles. The van der Waals surface area contributed by atoms with Crippen LogP contribution in [0.3, 0.4) is 0 Å². The van der Waals surface area contributed by atoms with Crippen LogP contribution in [0.5, 0.6) is 0 Å². The summed E-state index contributed by atoms with van der Waals surface area (Å²) in [5.41, 5.74) is 2.99. The number of hydrogen-bond acceptors (Lipinski definition) is 3. The molecule has 0 unspecified atom stereocenters. The Hall–Kier alpha value is -2.44. The third-order valence-corrected chi connectivity index (χ3v) is 5.03. The number of nitrogens with one attached hydrogen (secondary N) is 2. The predicted molar refractivity (Wildman–Crippen MR) is 110 cm³/mol. The van der Waals surface area contributed by atoms with Gasteiger partial charge in [0.2, 0.25) is 11.8 Å². The van der Waals surface area contributed by atoms with Crippen LogP contribution in [-0.4, -0.2) is 36.3 Å². The fraction of sp³-hybridized carbons (Fsp3) is 0.333. The summed E-state index contributed by atoms with van der Waals surface area (Å²) in [6.45, 7) is 5.53. The molecule has 0 heterocycles. The monoisotopic (exact) mass is 405 g/mol. The number of halogens is 2. The van der Waals surface area contributed by atoms with Gasteiger partial charge in [-0.1, -0.05) is 35.9 Å². The van der Waals surface area contributed by atoms with Crippen molar-refractivity contribution in [2.75, 3.05) is 18.9 Å². The standard InChI is InChI=1S/C21H25ClFN3O2/c1-13-7-5-8-14(2)20(13)25-19(27)11-24-21(28)15(3)26(4)12-16-17(22)9-6-10-18(16)23/h5-10,15H,11-12H2,1-4H3,(H,24,28)(H,25,27)/t15-/m0/s1. The van der Waals surface area contributed by atoms with Gasteiger partial charge in [0, 0.05) is 22.8 Å². The molecule has 1 atom stereocenters. The number of likely N-dealkylation sites (N-methyl/N-ethyl adjacent to an activating group) is 1. The number of carbonyl (C=O) groups is 2. The second kappa shape index (κ2) is 9.66. The lowest BCUT2D eigenvalue weighted by atomic mass is 10.1. The molecule has 2 aromatic rings. The SMILES string of the molecule is Cc1cccc(C)c1NC(=O)CNC(=O)[C@H](C)N(C)Cc1c(F)cccc1Cl. The maximum Gasteiger partial charge on any atom is 0.243 e. The summed E-state index contributed by atoms with van der Waals surface area (Å²) in [6, 6.07) is 9.64. The van der Waals surface area contributed by atoms with Gasteiger partial charge in [0.25, 0.3) is 0 Å². The highest BCUT2D eigenvalue weighted by molar-refractivity contribution is 6.31. The van der Waals surface area contributed by atoms with E-state index in [-0.39, 0.29) is 24.9 Å². The van der Waals surface area contributed by atoms with Gasteiger partial charge in [-0.05, 0) is 51.1 Å². The van der Waals surface area contributed by atoms with Gasteiger partial charge < -0.3 is 10.6 Å². The van der Waals surface area contributed by atoms with E-state index in [1.807, 2.05) is 32.0 Å². The molecule has 28 heavy (non-hydrogen) atoms. The third kappa shape index (κ3) is 5.53. The first-order valence-corrected chi connectivity index (χ1v) is 9.35. The molecule has 0 fully saturated rings. The summed E-state index contributed by atoms with van der Waals surface area (Å²) in [7, 11) is 1.70. The molecule has 2 rings (SSSR count). The Morgan fingerprint density at radius 2 is 1.75 bits per heavy atom. The lowest BCUT2D eigenvalue weighted by Gasteiger charge is -2.24. The van der Waals surface area contributed by atoms with Crippen LogP contribution in [0.2, 0.25) is 5.02 Å². The van der Waals surface area contributed by atoms with Crippen molar-refractivity contribution in [1.82, 2.24) is 10.2 Å². The lowest BCUT2D eigenvalue weighted by Crippen LogP contribution is -2.45. The zero-order valence-electron chi connectivity index (χ0n) is 16.5. The van der Waals surface area contributed by atoms with E-state index in [9.17, 15) is 14.0 Å². The number of hydrogen-bond donors (Lipinski definition) is 2. The molecule has 5 nitrogen and oxygen atoms in total. The first kappa shape index (κ1) is 21.9. The van der Waals surface area contributed by atoms with Crippen LogP contribution in [0.25, 0.3) is 0 Å². The van der Waals surface area contributed by atoms with Crippen LogP contribution in [-0.2, 0) is 16.1 Å². The first-order chi connectivity index (χ1) is 13.2. The van der Waals surface area contributed by atoms with E-state index in [1.54, 1.807) is 24.9 Å². The van der Waals surface area contributed by atoms with Gasteiger partial charge in [-0.15, -0.1) is 0 Å². The minimum Gasteiger partial charge on any atom is -0.346 e. The summed E-state index contributed by atoms with van der Waals surface area (Å²) in [4.78, 5) is 26.2. The number of anilines is 1. The topological polar surface area (TPSA) is 61.4 Å². The molecular formula is C21H25ClFN3O2. The Labute approximate surface area is 169 Å². The minimum absolute atomic E-state index is 0.148. The van der Waals surface area contributed by atoms with Crippen LogP contribution < -0.4 is 10.6 Å². The second-order valence-corrected chi connectivity index (χ2v) is 7.23. The van der Waals surface area contributed by atoms with Crippen LogP contribution in [0, 0.1) is 19.7 Å². The normalized spacial score (nSPS) is 12.0. The smallest absolute Gasteiger partial charge is 0.243 e. The number of rotatable bonds is 7. The van der Waals surface area contributed by atoms with E-state index in [1.165, 1.54) is 12.1 Å². The van der Waals surface area contributed by atoms with Gasteiger partial charge in [0.15, 0.2) is 0 Å². The van der Waals surface area contributed by atoms with Crippen LogP contribution in [0.15, 0.2) is 36.4 Å². The van der Waals surface area contributed by atoms with E-state index in [4.69, 9.17) is 11.6 Å². The Morgan fingerprint density at radius 1 is 1.14 bits per heavy atom. The van der Waals surface area contributed by atoms with Crippen molar-refractivity contribution >= 4 is 29.1 Å². The van der Waals surface area contributed by atoms with Crippen LogP contribution in [0.1, 0.15) is 23.6 Å². The van der Waals surface area contributed by atoms with E-state index >= 15 is 0 Å². The Kier molecular flexibility index (Phi) is 7.54. The van der Waals surface area contributed by atoms with Gasteiger partial charge in [0.1, 0.15) is 5.82 Å². The third-order valence-electron chi connectivity index (χ3n) is 4.68. The average Bonchev–Trinajstić information content (AvgIpc) is 2.65. The molecule has 0 aliphatic carbocycles.